The number of nitrogens with zero attached hydrogens (tertiary/aromatic N) is 3. The van der Waals surface area contributed by atoms with E-state index in [-0.39, 0.29) is 17.6 Å². The molecule has 162 valence electrons. The van der Waals surface area contributed by atoms with Crippen LogP contribution in [0, 0.1) is 11.7 Å². The summed E-state index contributed by atoms with van der Waals surface area (Å²) in [7, 11) is 0. The van der Waals surface area contributed by atoms with Crippen molar-refractivity contribution in [1.29, 1.82) is 0 Å². The topological polar surface area (TPSA) is 87.5 Å². The number of fused-ring (bicyclic) bond motifs is 1. The highest BCUT2D eigenvalue weighted by molar-refractivity contribution is 8.13. The lowest BCUT2D eigenvalue weighted by molar-refractivity contribution is 0.0977. The number of amidine groups is 1. The Morgan fingerprint density at radius 2 is 1.94 bits per heavy atom. The minimum Gasteiger partial charge on any atom is -0.393 e. The smallest absolute Gasteiger partial charge is 0.257 e. The van der Waals surface area contributed by atoms with Gasteiger partial charge >= 0.3 is 0 Å². The Morgan fingerprint density at radius 3 is 2.72 bits per heavy atom. The standard InChI is InChI=1S/C24H21FN4O2S/c25-21-7-6-17(9-20(21)16-11-26-14-27-12-16)24-10-19(30)8-18(24)13-32-23(29-24)28-22(31)15-4-2-1-3-5-15/h1-7,9,11-12,14,18-19,30H,8,10,13H2,(H,28,29,31)/t18-,19+,24+/m0/s1. The van der Waals surface area contributed by atoms with Gasteiger partial charge in [-0.25, -0.2) is 14.4 Å². The molecule has 0 radical (unpaired) electrons. The first-order valence-corrected chi connectivity index (χ1v) is 11.4. The summed E-state index contributed by atoms with van der Waals surface area (Å²) < 4.78 is 14.7. The Bertz CT molecular complexity index is 1180. The maximum atomic E-state index is 14.7. The van der Waals surface area contributed by atoms with Gasteiger partial charge in [0.25, 0.3) is 5.91 Å². The fourth-order valence-corrected chi connectivity index (χ4v) is 5.73. The summed E-state index contributed by atoms with van der Waals surface area (Å²) in [6, 6.07) is 13.9. The monoisotopic (exact) mass is 448 g/mol. The number of hydrogen-bond donors (Lipinski definition) is 2. The molecule has 2 heterocycles. The lowest BCUT2D eigenvalue weighted by Crippen LogP contribution is -2.40. The molecule has 6 nitrogen and oxygen atoms in total. The van der Waals surface area contributed by atoms with Crippen molar-refractivity contribution >= 4 is 22.8 Å². The van der Waals surface area contributed by atoms with Crippen LogP contribution in [0.5, 0.6) is 0 Å². The number of hydrogen-bond acceptors (Lipinski definition) is 6. The summed E-state index contributed by atoms with van der Waals surface area (Å²) in [4.78, 5) is 25.6. The van der Waals surface area contributed by atoms with Crippen molar-refractivity contribution in [1.82, 2.24) is 15.3 Å². The van der Waals surface area contributed by atoms with Gasteiger partial charge in [-0.15, -0.1) is 0 Å². The number of aliphatic hydroxyl groups is 1. The normalized spacial score (nSPS) is 24.5. The second kappa shape index (κ2) is 8.44. The largest absolute Gasteiger partial charge is 0.393 e. The van der Waals surface area contributed by atoms with Crippen molar-refractivity contribution < 1.29 is 14.3 Å². The molecular formula is C24H21FN4O2S. The van der Waals surface area contributed by atoms with E-state index in [0.29, 0.717) is 40.5 Å². The molecule has 1 fully saturated rings. The number of amides is 1. The van der Waals surface area contributed by atoms with Crippen molar-refractivity contribution in [2.24, 2.45) is 10.9 Å². The highest BCUT2D eigenvalue weighted by Crippen LogP contribution is 2.51. The van der Waals surface area contributed by atoms with E-state index >= 15 is 0 Å². The van der Waals surface area contributed by atoms with Crippen molar-refractivity contribution in [3.63, 3.8) is 0 Å². The predicted octanol–water partition coefficient (Wildman–Crippen LogP) is 3.78. The summed E-state index contributed by atoms with van der Waals surface area (Å²) in [5.74, 6) is 0.170. The van der Waals surface area contributed by atoms with Gasteiger partial charge in [0.2, 0.25) is 0 Å². The second-order valence-electron chi connectivity index (χ2n) is 8.08. The molecule has 32 heavy (non-hydrogen) atoms. The fourth-order valence-electron chi connectivity index (χ4n) is 4.56. The van der Waals surface area contributed by atoms with E-state index in [9.17, 15) is 14.3 Å². The van der Waals surface area contributed by atoms with Crippen LogP contribution >= 0.6 is 11.8 Å². The van der Waals surface area contributed by atoms with Gasteiger partial charge in [0, 0.05) is 47.2 Å². The molecule has 0 saturated heterocycles. The van der Waals surface area contributed by atoms with Crippen LogP contribution in [0.15, 0.2) is 72.2 Å². The zero-order chi connectivity index (χ0) is 22.1. The number of carbonyl (C=O) groups is 1. The number of aliphatic imine (C=N–C) groups is 1. The zero-order valence-corrected chi connectivity index (χ0v) is 17.9. The molecule has 1 amide bonds. The van der Waals surface area contributed by atoms with Gasteiger partial charge in [-0.3, -0.25) is 9.79 Å². The molecule has 8 heteroatoms. The molecule has 1 aromatic heterocycles. The molecule has 0 spiro atoms. The number of halogens is 1. The fraction of sp³-hybridized carbons (Fsp3) is 0.250. The zero-order valence-electron chi connectivity index (χ0n) is 17.1. The van der Waals surface area contributed by atoms with Crippen LogP contribution in [0.2, 0.25) is 0 Å². The van der Waals surface area contributed by atoms with Crippen LogP contribution in [0.25, 0.3) is 11.1 Å². The van der Waals surface area contributed by atoms with Gasteiger partial charge in [-0.2, -0.15) is 0 Å². The number of carbonyl (C=O) groups excluding carboxylic acids is 1. The van der Waals surface area contributed by atoms with E-state index < -0.39 is 11.6 Å². The average Bonchev–Trinajstić information content (AvgIpc) is 3.16. The molecule has 2 aliphatic rings. The van der Waals surface area contributed by atoms with Crippen LogP contribution in [0.1, 0.15) is 28.8 Å². The first-order chi connectivity index (χ1) is 15.5. The third-order valence-corrected chi connectivity index (χ3v) is 7.13. The van der Waals surface area contributed by atoms with Crippen LogP contribution in [0.3, 0.4) is 0 Å². The number of nitrogens with one attached hydrogen (secondary N) is 1. The summed E-state index contributed by atoms with van der Waals surface area (Å²) in [5.41, 5.74) is 1.59. The Hall–Kier alpha value is -3.10. The molecule has 2 aromatic carbocycles. The lowest BCUT2D eigenvalue weighted by Gasteiger charge is -2.36. The van der Waals surface area contributed by atoms with E-state index in [1.165, 1.54) is 24.2 Å². The third kappa shape index (κ3) is 3.80. The van der Waals surface area contributed by atoms with Gasteiger partial charge in [0.05, 0.1) is 11.6 Å². The molecule has 0 unspecified atom stereocenters. The van der Waals surface area contributed by atoms with Crippen LogP contribution in [0.4, 0.5) is 4.39 Å². The Balaban J connectivity index is 1.54. The minimum absolute atomic E-state index is 0.0743. The van der Waals surface area contributed by atoms with Crippen molar-refractivity contribution in [3.05, 3.63) is 84.2 Å². The summed E-state index contributed by atoms with van der Waals surface area (Å²) in [6.07, 6.45) is 5.05. The van der Waals surface area contributed by atoms with Gasteiger partial charge < -0.3 is 10.4 Å². The van der Waals surface area contributed by atoms with Crippen LogP contribution in [-0.4, -0.2) is 38.0 Å². The molecule has 1 aliphatic heterocycles. The second-order valence-corrected chi connectivity index (χ2v) is 9.09. The number of aromatic nitrogens is 2. The highest BCUT2D eigenvalue weighted by Gasteiger charge is 2.50. The van der Waals surface area contributed by atoms with Gasteiger partial charge in [0.15, 0.2) is 5.17 Å². The summed E-state index contributed by atoms with van der Waals surface area (Å²) in [6.45, 7) is 0. The number of aliphatic hydroxyl groups excluding tert-OH is 1. The van der Waals surface area contributed by atoms with Crippen molar-refractivity contribution in [2.75, 3.05) is 5.75 Å². The number of thioether (sulfide) groups is 1. The summed E-state index contributed by atoms with van der Waals surface area (Å²) in [5, 5.41) is 13.9. The van der Waals surface area contributed by atoms with Crippen LogP contribution in [-0.2, 0) is 5.54 Å². The number of benzene rings is 2. The Labute approximate surface area is 189 Å². The molecule has 3 atom stereocenters. The van der Waals surface area contributed by atoms with Gasteiger partial charge in [-0.05, 0) is 36.2 Å². The molecule has 3 aromatic rings. The predicted molar refractivity (Wildman–Crippen MR) is 122 cm³/mol. The molecule has 1 aliphatic carbocycles. The molecule has 1 saturated carbocycles. The highest BCUT2D eigenvalue weighted by atomic mass is 32.2. The van der Waals surface area contributed by atoms with Crippen LogP contribution < -0.4 is 5.32 Å². The van der Waals surface area contributed by atoms with E-state index in [2.05, 4.69) is 15.3 Å². The van der Waals surface area contributed by atoms with E-state index in [1.54, 1.807) is 36.7 Å². The number of rotatable bonds is 3. The Kier molecular flexibility index (Phi) is 5.48. The maximum absolute atomic E-state index is 14.7. The third-order valence-electron chi connectivity index (χ3n) is 6.10. The molecule has 2 N–H and O–H groups in total. The SMILES string of the molecule is O=C(NC1=N[C@@]2(c3ccc(F)c(-c4cncnc4)c3)C[C@H](O)C[C@H]2CS1)c1ccccc1. The van der Waals surface area contributed by atoms with Crippen molar-refractivity contribution in [3.8, 4) is 11.1 Å². The first kappa shape index (κ1) is 20.8. The molecule has 0 bridgehead atoms. The molecular weight excluding hydrogens is 427 g/mol. The van der Waals surface area contributed by atoms with E-state index in [0.717, 1.165) is 5.56 Å². The van der Waals surface area contributed by atoms with Gasteiger partial charge in [0.1, 0.15) is 12.1 Å². The van der Waals surface area contributed by atoms with Crippen molar-refractivity contribution in [2.45, 2.75) is 24.5 Å². The average molecular weight is 449 g/mol. The van der Waals surface area contributed by atoms with E-state index in [4.69, 9.17) is 4.99 Å². The summed E-state index contributed by atoms with van der Waals surface area (Å²) >= 11 is 1.47. The lowest BCUT2D eigenvalue weighted by atomic mass is 9.80. The molecule has 5 rings (SSSR count). The minimum atomic E-state index is -0.734. The quantitative estimate of drug-likeness (QED) is 0.637. The maximum Gasteiger partial charge on any atom is 0.257 e. The first-order valence-electron chi connectivity index (χ1n) is 10.4. The Morgan fingerprint density at radius 1 is 1.16 bits per heavy atom. The van der Waals surface area contributed by atoms with E-state index in [1.807, 2.05) is 18.2 Å². The van der Waals surface area contributed by atoms with Gasteiger partial charge in [-0.1, -0.05) is 36.0 Å².